The van der Waals surface area contributed by atoms with Gasteiger partial charge < -0.3 is 4.74 Å². The average Bonchev–Trinajstić information content (AvgIpc) is 2.54. The molecule has 134 valence electrons. The van der Waals surface area contributed by atoms with Crippen LogP contribution in [0.5, 0.6) is 5.75 Å². The fraction of sp³-hybridized carbons (Fsp3) is 0.684. The highest BCUT2D eigenvalue weighted by atomic mass is 19.4. The molecule has 3 rings (SSSR count). The molecule has 1 atom stereocenters. The van der Waals surface area contributed by atoms with Crippen molar-refractivity contribution in [1.29, 1.82) is 0 Å². The highest BCUT2D eigenvalue weighted by Gasteiger charge is 2.44. The zero-order chi connectivity index (χ0) is 17.3. The van der Waals surface area contributed by atoms with Crippen molar-refractivity contribution in [2.45, 2.75) is 76.5 Å². The van der Waals surface area contributed by atoms with E-state index < -0.39 is 18.1 Å². The Bertz CT molecular complexity index is 573. The van der Waals surface area contributed by atoms with Crippen molar-refractivity contribution < 1.29 is 22.3 Å². The molecule has 1 aliphatic heterocycles. The smallest absolute Gasteiger partial charge is 0.425 e. The van der Waals surface area contributed by atoms with E-state index in [4.69, 9.17) is 4.74 Å². The largest absolute Gasteiger partial charge is 0.478 e. The van der Waals surface area contributed by atoms with Crippen molar-refractivity contribution in [3.05, 3.63) is 29.1 Å². The van der Waals surface area contributed by atoms with Crippen molar-refractivity contribution in [3.63, 3.8) is 0 Å². The molecule has 0 N–H and O–H groups in total. The molecule has 1 aromatic carbocycles. The standard InChI is InChI=1S/C19H24F4O/c1-2-3-12-4-6-13(7-5-12)15-10-14-8-9-17(19(21,22)23)24-18(14)16(20)11-15/h10-13,17H,2-9H2,1H3. The van der Waals surface area contributed by atoms with Crippen LogP contribution in [-0.2, 0) is 6.42 Å². The highest BCUT2D eigenvalue weighted by Crippen LogP contribution is 2.42. The van der Waals surface area contributed by atoms with Gasteiger partial charge in [-0.25, -0.2) is 4.39 Å². The van der Waals surface area contributed by atoms with Gasteiger partial charge in [0, 0.05) is 0 Å². The van der Waals surface area contributed by atoms with Gasteiger partial charge in [-0.05, 0) is 67.6 Å². The third-order valence-corrected chi connectivity index (χ3v) is 5.46. The van der Waals surface area contributed by atoms with Crippen molar-refractivity contribution in [2.24, 2.45) is 5.92 Å². The molecule has 1 saturated carbocycles. The normalized spacial score (nSPS) is 27.5. The second-order valence-corrected chi connectivity index (χ2v) is 7.18. The van der Waals surface area contributed by atoms with Gasteiger partial charge in [0.1, 0.15) is 0 Å². The Morgan fingerprint density at radius 3 is 2.42 bits per heavy atom. The van der Waals surface area contributed by atoms with Crippen molar-refractivity contribution >= 4 is 0 Å². The Morgan fingerprint density at radius 1 is 1.08 bits per heavy atom. The first-order valence-corrected chi connectivity index (χ1v) is 8.94. The summed E-state index contributed by atoms with van der Waals surface area (Å²) in [5, 5.41) is 0. The van der Waals surface area contributed by atoms with E-state index in [-0.39, 0.29) is 18.6 Å². The molecule has 24 heavy (non-hydrogen) atoms. The summed E-state index contributed by atoms with van der Waals surface area (Å²) in [7, 11) is 0. The summed E-state index contributed by atoms with van der Waals surface area (Å²) in [6.07, 6.45) is 0.573. The van der Waals surface area contributed by atoms with Crippen LogP contribution in [0.3, 0.4) is 0 Å². The predicted molar refractivity (Wildman–Crippen MR) is 84.8 cm³/mol. The van der Waals surface area contributed by atoms with Crippen LogP contribution in [0.4, 0.5) is 17.6 Å². The Kier molecular flexibility index (Phi) is 5.07. The average molecular weight is 344 g/mol. The maximum Gasteiger partial charge on any atom is 0.425 e. The zero-order valence-corrected chi connectivity index (χ0v) is 14.0. The Balaban J connectivity index is 1.74. The number of fused-ring (bicyclic) bond motifs is 1. The molecular formula is C19H24F4O. The molecule has 0 amide bonds. The topological polar surface area (TPSA) is 9.23 Å². The van der Waals surface area contributed by atoms with Gasteiger partial charge in [0.2, 0.25) is 0 Å². The van der Waals surface area contributed by atoms with E-state index in [0.29, 0.717) is 11.5 Å². The molecule has 1 aliphatic carbocycles. The van der Waals surface area contributed by atoms with E-state index in [1.807, 2.05) is 6.07 Å². The third-order valence-electron chi connectivity index (χ3n) is 5.46. The van der Waals surface area contributed by atoms with E-state index >= 15 is 0 Å². The molecule has 0 saturated heterocycles. The molecule has 0 aromatic heterocycles. The Morgan fingerprint density at radius 2 is 1.79 bits per heavy atom. The number of aryl methyl sites for hydroxylation is 1. The van der Waals surface area contributed by atoms with E-state index in [1.165, 1.54) is 18.9 Å². The van der Waals surface area contributed by atoms with Gasteiger partial charge in [-0.1, -0.05) is 25.8 Å². The Labute approximate surface area is 140 Å². The van der Waals surface area contributed by atoms with Crippen LogP contribution in [0.15, 0.2) is 12.1 Å². The summed E-state index contributed by atoms with van der Waals surface area (Å²) in [6, 6.07) is 3.26. The van der Waals surface area contributed by atoms with Crippen LogP contribution in [0, 0.1) is 11.7 Å². The third kappa shape index (κ3) is 3.70. The minimum Gasteiger partial charge on any atom is -0.478 e. The SMILES string of the molecule is CCCC1CCC(c2cc(F)c3c(c2)CCC(C(F)(F)F)O3)CC1. The minimum absolute atomic E-state index is 0.136. The molecule has 0 radical (unpaired) electrons. The molecule has 5 heteroatoms. The van der Waals surface area contributed by atoms with E-state index in [9.17, 15) is 17.6 Å². The van der Waals surface area contributed by atoms with Crippen molar-refractivity contribution in [3.8, 4) is 5.75 Å². The summed E-state index contributed by atoms with van der Waals surface area (Å²) in [5.74, 6) is 0.238. The summed E-state index contributed by atoms with van der Waals surface area (Å²) in [5.41, 5.74) is 1.51. The maximum absolute atomic E-state index is 14.4. The van der Waals surface area contributed by atoms with Crippen LogP contribution < -0.4 is 4.74 Å². The first-order valence-electron chi connectivity index (χ1n) is 8.94. The lowest BCUT2D eigenvalue weighted by atomic mass is 9.77. The highest BCUT2D eigenvalue weighted by molar-refractivity contribution is 5.42. The van der Waals surface area contributed by atoms with Gasteiger partial charge in [-0.2, -0.15) is 13.2 Å². The van der Waals surface area contributed by atoms with Gasteiger partial charge in [0.15, 0.2) is 17.7 Å². The molecule has 0 spiro atoms. The summed E-state index contributed by atoms with van der Waals surface area (Å²) < 4.78 is 57.6. The van der Waals surface area contributed by atoms with Gasteiger partial charge in [0.25, 0.3) is 0 Å². The van der Waals surface area contributed by atoms with Crippen molar-refractivity contribution in [1.82, 2.24) is 0 Å². The quantitative estimate of drug-likeness (QED) is 0.597. The monoisotopic (exact) mass is 344 g/mol. The van der Waals surface area contributed by atoms with Gasteiger partial charge in [-0.3, -0.25) is 0 Å². The maximum atomic E-state index is 14.4. The number of benzene rings is 1. The molecule has 0 bridgehead atoms. The minimum atomic E-state index is -4.44. The first kappa shape index (κ1) is 17.6. The van der Waals surface area contributed by atoms with Crippen LogP contribution >= 0.6 is 0 Å². The van der Waals surface area contributed by atoms with Gasteiger partial charge >= 0.3 is 6.18 Å². The van der Waals surface area contributed by atoms with Crippen molar-refractivity contribution in [2.75, 3.05) is 0 Å². The lowest BCUT2D eigenvalue weighted by Crippen LogP contribution is -2.37. The number of rotatable bonds is 3. The molecule has 1 fully saturated rings. The van der Waals surface area contributed by atoms with E-state index in [1.54, 1.807) is 0 Å². The summed E-state index contributed by atoms with van der Waals surface area (Å²) in [4.78, 5) is 0. The zero-order valence-electron chi connectivity index (χ0n) is 14.0. The fourth-order valence-corrected chi connectivity index (χ4v) is 4.14. The second-order valence-electron chi connectivity index (χ2n) is 7.18. The van der Waals surface area contributed by atoms with E-state index in [0.717, 1.165) is 37.2 Å². The second kappa shape index (κ2) is 6.93. The molecule has 1 nitrogen and oxygen atoms in total. The number of halogens is 4. The Hall–Kier alpha value is -1.26. The lowest BCUT2D eigenvalue weighted by Gasteiger charge is -2.31. The predicted octanol–water partition coefficient (Wildman–Crippen LogP) is 6.16. The number of hydrogen-bond donors (Lipinski definition) is 0. The number of alkyl halides is 3. The molecule has 1 aromatic rings. The van der Waals surface area contributed by atoms with Crippen LogP contribution in [0.25, 0.3) is 0 Å². The van der Waals surface area contributed by atoms with Crippen LogP contribution in [-0.4, -0.2) is 12.3 Å². The van der Waals surface area contributed by atoms with E-state index in [2.05, 4.69) is 6.92 Å². The summed E-state index contributed by atoms with van der Waals surface area (Å²) in [6.45, 7) is 2.19. The lowest BCUT2D eigenvalue weighted by molar-refractivity contribution is -0.199. The molecular weight excluding hydrogens is 320 g/mol. The molecule has 1 unspecified atom stereocenters. The fourth-order valence-electron chi connectivity index (χ4n) is 4.14. The number of ether oxygens (including phenoxy) is 1. The number of hydrogen-bond acceptors (Lipinski definition) is 1. The summed E-state index contributed by atoms with van der Waals surface area (Å²) >= 11 is 0. The molecule has 1 heterocycles. The van der Waals surface area contributed by atoms with Crippen LogP contribution in [0.1, 0.15) is 68.9 Å². The first-order chi connectivity index (χ1) is 11.4. The molecule has 2 aliphatic rings. The van der Waals surface area contributed by atoms with Gasteiger partial charge in [-0.15, -0.1) is 0 Å². The van der Waals surface area contributed by atoms with Crippen LogP contribution in [0.2, 0.25) is 0 Å². The van der Waals surface area contributed by atoms with Gasteiger partial charge in [0.05, 0.1) is 0 Å².